The lowest BCUT2D eigenvalue weighted by atomic mass is 9.92. The molecule has 3 aromatic carbocycles. The predicted octanol–water partition coefficient (Wildman–Crippen LogP) is 4.16. The van der Waals surface area contributed by atoms with Crippen LogP contribution in [0.1, 0.15) is 17.5 Å². The van der Waals surface area contributed by atoms with E-state index in [9.17, 15) is 14.0 Å². The second-order valence-electron chi connectivity index (χ2n) is 9.03. The zero-order valence-corrected chi connectivity index (χ0v) is 19.3. The average Bonchev–Trinajstić information content (AvgIpc) is 3.63. The molecule has 7 nitrogen and oxygen atoms in total. The third-order valence-electron chi connectivity index (χ3n) is 6.76. The summed E-state index contributed by atoms with van der Waals surface area (Å²) in [6, 6.07) is 23.9. The summed E-state index contributed by atoms with van der Waals surface area (Å²) < 4.78 is 20.8. The molecule has 5 rings (SSSR count). The third-order valence-corrected chi connectivity index (χ3v) is 6.76. The molecule has 0 aliphatic heterocycles. The molecule has 2 amide bonds. The van der Waals surface area contributed by atoms with Gasteiger partial charge in [-0.3, -0.25) is 14.8 Å². The van der Waals surface area contributed by atoms with E-state index in [0.29, 0.717) is 5.56 Å². The summed E-state index contributed by atoms with van der Waals surface area (Å²) >= 11 is 0. The van der Waals surface area contributed by atoms with Crippen molar-refractivity contribution in [2.45, 2.75) is 19.4 Å². The number of fused-ring (bicyclic) bond motifs is 1. The summed E-state index contributed by atoms with van der Waals surface area (Å²) in [5.74, 6) is -2.59. The van der Waals surface area contributed by atoms with Gasteiger partial charge in [-0.1, -0.05) is 54.6 Å². The molecule has 0 radical (unpaired) electrons. The molecule has 1 aliphatic carbocycles. The van der Waals surface area contributed by atoms with E-state index in [1.807, 2.05) is 60.7 Å². The minimum absolute atomic E-state index is 0.0643. The van der Waals surface area contributed by atoms with Crippen LogP contribution in [-0.4, -0.2) is 22.0 Å². The Labute approximate surface area is 206 Å². The van der Waals surface area contributed by atoms with Crippen LogP contribution in [-0.2, 0) is 22.6 Å². The summed E-state index contributed by atoms with van der Waals surface area (Å²) in [5, 5.41) is 9.79. The van der Waals surface area contributed by atoms with Gasteiger partial charge >= 0.3 is 0 Å². The van der Waals surface area contributed by atoms with Crippen LogP contribution in [0.25, 0.3) is 22.2 Å². The number of benzene rings is 3. The summed E-state index contributed by atoms with van der Waals surface area (Å²) in [6.45, 7) is 0.128. The Kier molecular flexibility index (Phi) is 6.12. The number of halogens is 1. The molecule has 0 bridgehead atoms. The van der Waals surface area contributed by atoms with Crippen LogP contribution in [0.3, 0.4) is 0 Å². The summed E-state index contributed by atoms with van der Waals surface area (Å²) in [6.07, 6.45) is 0.292. The monoisotopic (exact) mass is 485 g/mol. The largest absolute Gasteiger partial charge is 0.486 e. The summed E-state index contributed by atoms with van der Waals surface area (Å²) in [7, 11) is 0. The van der Waals surface area contributed by atoms with E-state index in [1.165, 1.54) is 12.1 Å². The number of pyridine rings is 1. The number of amides is 2. The molecule has 1 heterocycles. The Balaban J connectivity index is 1.37. The van der Waals surface area contributed by atoms with Crippen LogP contribution < -0.4 is 16.0 Å². The average molecular weight is 486 g/mol. The van der Waals surface area contributed by atoms with Gasteiger partial charge < -0.3 is 10.5 Å². The number of hydrogen-bond acceptors (Lipinski definition) is 5. The Hall–Kier alpha value is -4.30. The lowest BCUT2D eigenvalue weighted by Crippen LogP contribution is -2.33. The van der Waals surface area contributed by atoms with Crippen LogP contribution in [0.2, 0.25) is 0 Å². The number of primary amides is 1. The van der Waals surface area contributed by atoms with E-state index in [2.05, 4.69) is 0 Å². The lowest BCUT2D eigenvalue weighted by molar-refractivity contribution is -0.134. The van der Waals surface area contributed by atoms with Gasteiger partial charge in [-0.15, -0.1) is 0 Å². The Morgan fingerprint density at radius 3 is 2.56 bits per heavy atom. The molecule has 0 spiro atoms. The minimum atomic E-state index is -1.13. The first-order valence-corrected chi connectivity index (χ1v) is 11.5. The highest BCUT2D eigenvalue weighted by Gasteiger charge is 2.62. The second-order valence-corrected chi connectivity index (χ2v) is 9.03. The van der Waals surface area contributed by atoms with Gasteiger partial charge in [0.2, 0.25) is 11.8 Å². The molecule has 1 saturated carbocycles. The van der Waals surface area contributed by atoms with Crippen LogP contribution in [0.5, 0.6) is 5.75 Å². The number of para-hydroxylation sites is 1. The quantitative estimate of drug-likeness (QED) is 0.256. The smallest absolute Gasteiger partial charge is 0.247 e. The third kappa shape index (κ3) is 4.38. The number of hydroxylamine groups is 1. The van der Waals surface area contributed by atoms with Gasteiger partial charge in [0.15, 0.2) is 11.6 Å². The van der Waals surface area contributed by atoms with E-state index >= 15 is 0 Å². The number of rotatable bonds is 8. The molecule has 8 heteroatoms. The molecule has 2 atom stereocenters. The van der Waals surface area contributed by atoms with E-state index in [0.717, 1.165) is 27.7 Å². The highest BCUT2D eigenvalue weighted by Crippen LogP contribution is 2.54. The van der Waals surface area contributed by atoms with Crippen molar-refractivity contribution in [1.82, 2.24) is 10.5 Å². The molecule has 1 aromatic heterocycles. The molecule has 0 saturated heterocycles. The van der Waals surface area contributed by atoms with Gasteiger partial charge in [0.1, 0.15) is 6.61 Å². The molecule has 4 N–H and O–H groups in total. The zero-order chi connectivity index (χ0) is 25.3. The molecule has 1 fully saturated rings. The first-order chi connectivity index (χ1) is 17.4. The van der Waals surface area contributed by atoms with Gasteiger partial charge in [-0.25, -0.2) is 14.9 Å². The van der Waals surface area contributed by atoms with Crippen LogP contribution in [0.4, 0.5) is 4.39 Å². The van der Waals surface area contributed by atoms with E-state index in [-0.39, 0.29) is 25.2 Å². The minimum Gasteiger partial charge on any atom is -0.486 e. The molecule has 2 unspecified atom stereocenters. The highest BCUT2D eigenvalue weighted by atomic mass is 19.1. The van der Waals surface area contributed by atoms with E-state index < -0.39 is 29.0 Å². The van der Waals surface area contributed by atoms with Gasteiger partial charge in [-0.2, -0.15) is 0 Å². The summed E-state index contributed by atoms with van der Waals surface area (Å²) in [5.41, 5.74) is 9.90. The number of carbonyl (C=O) groups excluding carboxylic acids is 2. The topological polar surface area (TPSA) is 115 Å². The van der Waals surface area contributed by atoms with Crippen molar-refractivity contribution < 1.29 is 23.9 Å². The molecular formula is C28H24FN3O4. The molecule has 1 aliphatic rings. The fraction of sp³-hybridized carbons (Fsp3) is 0.179. The fourth-order valence-electron chi connectivity index (χ4n) is 4.70. The van der Waals surface area contributed by atoms with E-state index in [4.69, 9.17) is 20.7 Å². The van der Waals surface area contributed by atoms with Gasteiger partial charge in [0, 0.05) is 16.5 Å². The Morgan fingerprint density at radius 1 is 1.08 bits per heavy atom. The Morgan fingerprint density at radius 2 is 1.83 bits per heavy atom. The highest BCUT2D eigenvalue weighted by molar-refractivity contribution is 5.95. The van der Waals surface area contributed by atoms with Crippen molar-refractivity contribution in [3.8, 4) is 17.0 Å². The van der Waals surface area contributed by atoms with Crippen molar-refractivity contribution >= 4 is 22.7 Å². The van der Waals surface area contributed by atoms with Gasteiger partial charge in [0.05, 0.1) is 22.5 Å². The van der Waals surface area contributed by atoms with Crippen LogP contribution in [0, 0.1) is 17.2 Å². The van der Waals surface area contributed by atoms with Gasteiger partial charge in [0.25, 0.3) is 0 Å². The predicted molar refractivity (Wildman–Crippen MR) is 131 cm³/mol. The van der Waals surface area contributed by atoms with Crippen molar-refractivity contribution in [2.24, 2.45) is 17.1 Å². The van der Waals surface area contributed by atoms with Gasteiger partial charge in [-0.05, 0) is 42.7 Å². The maximum Gasteiger partial charge on any atom is 0.247 e. The second kappa shape index (κ2) is 9.39. The maximum atomic E-state index is 15.0. The van der Waals surface area contributed by atoms with Crippen molar-refractivity contribution in [3.63, 3.8) is 0 Å². The molecular weight excluding hydrogens is 461 g/mol. The standard InChI is InChI=1S/C28H24FN3O4/c29-22-12-17(14-28(27(30)34)15-21(28)26(33)32-35)10-11-25(22)36-16-19-13-24(18-6-2-1-3-7-18)31-23-9-5-4-8-20(19)23/h1-13,21,35H,14-16H2,(H2,30,34)(H,32,33). The Bertz CT molecular complexity index is 1460. The number of nitrogens with zero attached hydrogens (tertiary/aromatic N) is 1. The normalized spacial score (nSPS) is 18.6. The first-order valence-electron chi connectivity index (χ1n) is 11.5. The molecule has 182 valence electrons. The lowest BCUT2D eigenvalue weighted by Gasteiger charge is -2.15. The SMILES string of the molecule is NC(=O)C1(Cc2ccc(OCc3cc(-c4ccccc4)nc4ccccc34)c(F)c2)CC1C(=O)NO. The number of aromatic nitrogens is 1. The molecule has 4 aromatic rings. The number of nitrogens with one attached hydrogen (secondary N) is 1. The summed E-state index contributed by atoms with van der Waals surface area (Å²) in [4.78, 5) is 28.5. The number of hydrogen-bond donors (Lipinski definition) is 3. The zero-order valence-electron chi connectivity index (χ0n) is 19.3. The molecule has 36 heavy (non-hydrogen) atoms. The van der Waals surface area contributed by atoms with E-state index in [1.54, 1.807) is 11.5 Å². The van der Waals surface area contributed by atoms with Crippen molar-refractivity contribution in [1.29, 1.82) is 0 Å². The van der Waals surface area contributed by atoms with Crippen LogP contribution in [0.15, 0.2) is 78.9 Å². The first kappa shape index (κ1) is 23.4. The van der Waals surface area contributed by atoms with Crippen molar-refractivity contribution in [3.05, 3.63) is 95.8 Å². The number of ether oxygens (including phenoxy) is 1. The number of carbonyl (C=O) groups is 2. The van der Waals surface area contributed by atoms with Crippen molar-refractivity contribution in [2.75, 3.05) is 0 Å². The number of nitrogens with two attached hydrogens (primary N) is 1. The van der Waals surface area contributed by atoms with Crippen LogP contribution >= 0.6 is 0 Å². The fourth-order valence-corrected chi connectivity index (χ4v) is 4.70. The maximum absolute atomic E-state index is 15.0.